The van der Waals surface area contributed by atoms with Crippen LogP contribution in [0.15, 0.2) is 18.3 Å². The molecule has 0 unspecified atom stereocenters. The Morgan fingerprint density at radius 3 is 2.56 bits per heavy atom. The van der Waals surface area contributed by atoms with Gasteiger partial charge in [-0.15, -0.1) is 0 Å². The van der Waals surface area contributed by atoms with Gasteiger partial charge in [-0.1, -0.05) is 20.8 Å². The second-order valence-electron chi connectivity index (χ2n) is 5.54. The fraction of sp³-hybridized carbons (Fsp3) is 0.615. The highest BCUT2D eigenvalue weighted by molar-refractivity contribution is 5.46. The number of nitrogens with zero attached hydrogens (tertiary/aromatic N) is 2. The third kappa shape index (κ3) is 2.35. The number of aromatic nitrogens is 1. The number of aliphatic hydroxyl groups excluding tert-OH is 1. The van der Waals surface area contributed by atoms with Crippen LogP contribution in [-0.2, 0) is 5.41 Å². The van der Waals surface area contributed by atoms with E-state index >= 15 is 0 Å². The summed E-state index contributed by atoms with van der Waals surface area (Å²) in [5.41, 5.74) is 2.32. The van der Waals surface area contributed by atoms with Gasteiger partial charge in [-0.3, -0.25) is 4.98 Å². The van der Waals surface area contributed by atoms with E-state index in [9.17, 15) is 5.11 Å². The van der Waals surface area contributed by atoms with Crippen LogP contribution in [0.2, 0.25) is 0 Å². The van der Waals surface area contributed by atoms with Crippen molar-refractivity contribution in [2.75, 3.05) is 18.0 Å². The van der Waals surface area contributed by atoms with Crippen LogP contribution in [0.5, 0.6) is 0 Å². The van der Waals surface area contributed by atoms with Crippen molar-refractivity contribution in [1.29, 1.82) is 0 Å². The molecule has 1 aromatic rings. The third-order valence-electron chi connectivity index (χ3n) is 3.04. The zero-order chi connectivity index (χ0) is 11.8. The van der Waals surface area contributed by atoms with E-state index in [0.717, 1.165) is 30.9 Å². The van der Waals surface area contributed by atoms with Crippen molar-refractivity contribution < 1.29 is 5.11 Å². The molecule has 1 aliphatic rings. The van der Waals surface area contributed by atoms with Crippen molar-refractivity contribution in [2.24, 2.45) is 0 Å². The first kappa shape index (κ1) is 11.4. The number of rotatable bonds is 1. The molecule has 3 heteroatoms. The summed E-state index contributed by atoms with van der Waals surface area (Å²) in [6, 6.07) is 4.19. The summed E-state index contributed by atoms with van der Waals surface area (Å²) < 4.78 is 0. The Morgan fingerprint density at radius 2 is 2.12 bits per heavy atom. The van der Waals surface area contributed by atoms with Gasteiger partial charge in [0.15, 0.2) is 0 Å². The Bertz CT molecular complexity index is 353. The van der Waals surface area contributed by atoms with Crippen LogP contribution < -0.4 is 4.90 Å². The largest absolute Gasteiger partial charge is 0.391 e. The predicted octanol–water partition coefficient (Wildman–Crippen LogP) is 1.95. The maximum Gasteiger partial charge on any atom is 0.0731 e. The lowest BCUT2D eigenvalue weighted by Crippen LogP contribution is -2.22. The molecule has 0 amide bonds. The number of hydrogen-bond acceptors (Lipinski definition) is 3. The number of aliphatic hydroxyl groups is 1. The number of pyridine rings is 1. The second-order valence-corrected chi connectivity index (χ2v) is 5.54. The van der Waals surface area contributed by atoms with E-state index in [-0.39, 0.29) is 11.5 Å². The van der Waals surface area contributed by atoms with E-state index in [2.05, 4.69) is 42.8 Å². The van der Waals surface area contributed by atoms with Crippen LogP contribution in [0.1, 0.15) is 32.9 Å². The highest BCUT2D eigenvalue weighted by Crippen LogP contribution is 2.24. The van der Waals surface area contributed by atoms with E-state index in [4.69, 9.17) is 0 Å². The average Bonchev–Trinajstić information content (AvgIpc) is 2.64. The number of β-amino-alcohol motifs (C(OH)–C–C–N with tert-alkyl or cyclic N) is 1. The minimum absolute atomic E-state index is 0.100. The molecule has 1 atom stereocenters. The normalized spacial score (nSPS) is 21.5. The molecule has 1 saturated heterocycles. The van der Waals surface area contributed by atoms with Crippen molar-refractivity contribution in [2.45, 2.75) is 38.7 Å². The van der Waals surface area contributed by atoms with Crippen LogP contribution in [0.25, 0.3) is 0 Å². The monoisotopic (exact) mass is 220 g/mol. The van der Waals surface area contributed by atoms with Crippen molar-refractivity contribution in [3.63, 3.8) is 0 Å². The maximum absolute atomic E-state index is 9.48. The van der Waals surface area contributed by atoms with Crippen LogP contribution in [0, 0.1) is 0 Å². The SMILES string of the molecule is CC(C)(C)c1ccc(N2CC[C@@H](O)C2)cn1. The first-order valence-corrected chi connectivity index (χ1v) is 5.86. The molecule has 0 spiro atoms. The van der Waals surface area contributed by atoms with Crippen LogP contribution in [0.4, 0.5) is 5.69 Å². The molecule has 0 radical (unpaired) electrons. The van der Waals surface area contributed by atoms with E-state index < -0.39 is 0 Å². The molecular weight excluding hydrogens is 200 g/mol. The predicted molar refractivity (Wildman–Crippen MR) is 65.8 cm³/mol. The molecular formula is C13H20N2O. The zero-order valence-corrected chi connectivity index (χ0v) is 10.3. The summed E-state index contributed by atoms with van der Waals surface area (Å²) in [6.45, 7) is 8.14. The first-order chi connectivity index (χ1) is 7.47. The summed E-state index contributed by atoms with van der Waals surface area (Å²) in [4.78, 5) is 6.68. The van der Waals surface area contributed by atoms with Crippen molar-refractivity contribution in [1.82, 2.24) is 4.98 Å². The van der Waals surface area contributed by atoms with Gasteiger partial charge in [0.25, 0.3) is 0 Å². The molecule has 1 fully saturated rings. The molecule has 2 rings (SSSR count). The van der Waals surface area contributed by atoms with Crippen LogP contribution in [-0.4, -0.2) is 29.3 Å². The molecule has 0 aromatic carbocycles. The lowest BCUT2D eigenvalue weighted by atomic mass is 9.92. The highest BCUT2D eigenvalue weighted by Gasteiger charge is 2.21. The standard InChI is InChI=1S/C13H20N2O/c1-13(2,3)12-5-4-10(8-14-12)15-7-6-11(16)9-15/h4-5,8,11,16H,6-7,9H2,1-3H3/t11-/m1/s1. The Kier molecular flexibility index (Phi) is 2.89. The lowest BCUT2D eigenvalue weighted by molar-refractivity contribution is 0.198. The van der Waals surface area contributed by atoms with Crippen molar-refractivity contribution in [3.8, 4) is 0 Å². The van der Waals surface area contributed by atoms with Gasteiger partial charge in [-0.05, 0) is 18.6 Å². The minimum atomic E-state index is -0.178. The summed E-state index contributed by atoms with van der Waals surface area (Å²) >= 11 is 0. The Labute approximate surface area is 97.1 Å². The van der Waals surface area contributed by atoms with Gasteiger partial charge in [-0.2, -0.15) is 0 Å². The minimum Gasteiger partial charge on any atom is -0.391 e. The average molecular weight is 220 g/mol. The number of hydrogen-bond donors (Lipinski definition) is 1. The smallest absolute Gasteiger partial charge is 0.0731 e. The third-order valence-corrected chi connectivity index (χ3v) is 3.04. The van der Waals surface area contributed by atoms with E-state index in [0.29, 0.717) is 0 Å². The second kappa shape index (κ2) is 4.06. The van der Waals surface area contributed by atoms with Gasteiger partial charge in [0.2, 0.25) is 0 Å². The first-order valence-electron chi connectivity index (χ1n) is 5.86. The van der Waals surface area contributed by atoms with Gasteiger partial charge < -0.3 is 10.0 Å². The molecule has 16 heavy (non-hydrogen) atoms. The van der Waals surface area contributed by atoms with Gasteiger partial charge in [0.1, 0.15) is 0 Å². The molecule has 2 heterocycles. The molecule has 1 N–H and O–H groups in total. The molecule has 3 nitrogen and oxygen atoms in total. The van der Waals surface area contributed by atoms with E-state index in [1.165, 1.54) is 0 Å². The Morgan fingerprint density at radius 1 is 1.38 bits per heavy atom. The van der Waals surface area contributed by atoms with E-state index in [1.54, 1.807) is 0 Å². The summed E-state index contributed by atoms with van der Waals surface area (Å²) in [7, 11) is 0. The maximum atomic E-state index is 9.48. The fourth-order valence-electron chi connectivity index (χ4n) is 1.99. The Balaban J connectivity index is 2.14. The summed E-state index contributed by atoms with van der Waals surface area (Å²) in [5, 5.41) is 9.48. The zero-order valence-electron chi connectivity index (χ0n) is 10.3. The highest BCUT2D eigenvalue weighted by atomic mass is 16.3. The van der Waals surface area contributed by atoms with Crippen molar-refractivity contribution >= 4 is 5.69 Å². The fourth-order valence-corrected chi connectivity index (χ4v) is 1.99. The Hall–Kier alpha value is -1.09. The molecule has 0 saturated carbocycles. The van der Waals surface area contributed by atoms with Gasteiger partial charge in [0.05, 0.1) is 18.0 Å². The van der Waals surface area contributed by atoms with Crippen LogP contribution >= 0.6 is 0 Å². The number of anilines is 1. The quantitative estimate of drug-likeness (QED) is 0.786. The van der Waals surface area contributed by atoms with Gasteiger partial charge in [-0.25, -0.2) is 0 Å². The molecule has 0 aliphatic carbocycles. The summed E-state index contributed by atoms with van der Waals surface area (Å²) in [5.74, 6) is 0. The van der Waals surface area contributed by atoms with Crippen LogP contribution in [0.3, 0.4) is 0 Å². The lowest BCUT2D eigenvalue weighted by Gasteiger charge is -2.21. The molecule has 88 valence electrons. The van der Waals surface area contributed by atoms with Gasteiger partial charge in [0, 0.05) is 24.2 Å². The van der Waals surface area contributed by atoms with E-state index in [1.807, 2.05) is 6.20 Å². The van der Waals surface area contributed by atoms with Gasteiger partial charge >= 0.3 is 0 Å². The summed E-state index contributed by atoms with van der Waals surface area (Å²) in [6.07, 6.45) is 2.60. The molecule has 0 bridgehead atoms. The topological polar surface area (TPSA) is 36.4 Å². The van der Waals surface area contributed by atoms with Crippen molar-refractivity contribution in [3.05, 3.63) is 24.0 Å². The molecule has 1 aromatic heterocycles. The molecule has 1 aliphatic heterocycles.